The van der Waals surface area contributed by atoms with Crippen LogP contribution in [0.2, 0.25) is 0 Å². The van der Waals surface area contributed by atoms with Gasteiger partial charge in [-0.3, -0.25) is 9.78 Å². The summed E-state index contributed by atoms with van der Waals surface area (Å²) in [5.74, 6) is 0.700. The molecule has 3 heterocycles. The predicted molar refractivity (Wildman–Crippen MR) is 99.3 cm³/mol. The van der Waals surface area contributed by atoms with Crippen LogP contribution < -0.4 is 4.90 Å². The molecule has 0 saturated carbocycles. The van der Waals surface area contributed by atoms with Gasteiger partial charge in [0.1, 0.15) is 5.69 Å². The van der Waals surface area contributed by atoms with E-state index in [4.69, 9.17) is 4.74 Å². The summed E-state index contributed by atoms with van der Waals surface area (Å²) in [6, 6.07) is 3.88. The minimum absolute atomic E-state index is 0.0688. The molecule has 2 aliphatic heterocycles. The Morgan fingerprint density at radius 2 is 1.77 bits per heavy atom. The van der Waals surface area contributed by atoms with Crippen molar-refractivity contribution in [1.29, 1.82) is 0 Å². The number of carbonyl (C=O) groups excluding carboxylic acids is 2. The normalized spacial score (nSPS) is 18.8. The highest BCUT2D eigenvalue weighted by atomic mass is 16.6. The first-order valence-corrected chi connectivity index (χ1v) is 9.50. The highest BCUT2D eigenvalue weighted by Crippen LogP contribution is 2.23. The van der Waals surface area contributed by atoms with E-state index >= 15 is 0 Å². The number of hydrogen-bond donors (Lipinski definition) is 0. The SMILES string of the molecule is CCOC(=O)N1CCN(C(=O)c2cc(N3CCC(C)CC3)ccn2)CC1. The molecular weight excluding hydrogens is 332 g/mol. The molecule has 0 aliphatic carbocycles. The Hall–Kier alpha value is -2.31. The van der Waals surface area contributed by atoms with Crippen LogP contribution in [-0.4, -0.2) is 72.7 Å². The van der Waals surface area contributed by atoms with E-state index in [0.717, 1.165) is 24.7 Å². The minimum atomic E-state index is -0.306. The minimum Gasteiger partial charge on any atom is -0.450 e. The number of hydrogen-bond acceptors (Lipinski definition) is 5. The maximum absolute atomic E-state index is 12.8. The Morgan fingerprint density at radius 3 is 2.42 bits per heavy atom. The largest absolute Gasteiger partial charge is 0.450 e. The molecule has 7 heteroatoms. The number of ether oxygens (including phenoxy) is 1. The van der Waals surface area contributed by atoms with Crippen molar-refractivity contribution in [3.8, 4) is 0 Å². The summed E-state index contributed by atoms with van der Waals surface area (Å²) in [6.45, 7) is 8.49. The Balaban J connectivity index is 1.60. The molecule has 2 saturated heterocycles. The molecule has 26 heavy (non-hydrogen) atoms. The van der Waals surface area contributed by atoms with Crippen LogP contribution in [0.15, 0.2) is 18.3 Å². The van der Waals surface area contributed by atoms with Gasteiger partial charge in [0.2, 0.25) is 0 Å². The van der Waals surface area contributed by atoms with E-state index in [-0.39, 0.29) is 12.0 Å². The molecule has 7 nitrogen and oxygen atoms in total. The number of piperidine rings is 1. The number of anilines is 1. The molecule has 0 spiro atoms. The van der Waals surface area contributed by atoms with E-state index in [2.05, 4.69) is 16.8 Å². The first-order chi connectivity index (χ1) is 12.6. The van der Waals surface area contributed by atoms with Crippen molar-refractivity contribution in [3.63, 3.8) is 0 Å². The van der Waals surface area contributed by atoms with Gasteiger partial charge in [-0.25, -0.2) is 4.79 Å². The lowest BCUT2D eigenvalue weighted by Gasteiger charge is -2.34. The summed E-state index contributed by atoms with van der Waals surface area (Å²) >= 11 is 0. The third-order valence-corrected chi connectivity index (χ3v) is 5.20. The second-order valence-corrected chi connectivity index (χ2v) is 7.05. The first kappa shape index (κ1) is 18.5. The van der Waals surface area contributed by atoms with Crippen LogP contribution in [-0.2, 0) is 4.74 Å². The highest BCUT2D eigenvalue weighted by molar-refractivity contribution is 5.93. The quantitative estimate of drug-likeness (QED) is 0.827. The molecular formula is C19H28N4O3. The molecule has 0 N–H and O–H groups in total. The number of piperazine rings is 1. The Morgan fingerprint density at radius 1 is 1.12 bits per heavy atom. The molecule has 142 valence electrons. The molecule has 2 fully saturated rings. The van der Waals surface area contributed by atoms with Gasteiger partial charge in [-0.1, -0.05) is 6.92 Å². The van der Waals surface area contributed by atoms with Crippen molar-refractivity contribution in [1.82, 2.24) is 14.8 Å². The molecule has 1 aromatic heterocycles. The van der Waals surface area contributed by atoms with Crippen molar-refractivity contribution >= 4 is 17.7 Å². The first-order valence-electron chi connectivity index (χ1n) is 9.50. The van der Waals surface area contributed by atoms with Gasteiger partial charge in [0.05, 0.1) is 6.61 Å². The Labute approximate surface area is 154 Å². The van der Waals surface area contributed by atoms with Crippen LogP contribution in [0.25, 0.3) is 0 Å². The molecule has 3 rings (SSSR count). The zero-order valence-corrected chi connectivity index (χ0v) is 15.7. The summed E-state index contributed by atoms with van der Waals surface area (Å²) in [5, 5.41) is 0. The smallest absolute Gasteiger partial charge is 0.409 e. The monoisotopic (exact) mass is 360 g/mol. The van der Waals surface area contributed by atoms with Gasteiger partial charge < -0.3 is 19.4 Å². The average molecular weight is 360 g/mol. The molecule has 0 aromatic carbocycles. The standard InChI is InChI=1S/C19H28N4O3/c1-3-26-19(25)23-12-10-22(11-13-23)18(24)17-14-16(4-7-20-17)21-8-5-15(2)6-9-21/h4,7,14-15H,3,5-6,8-13H2,1-2H3. The number of aromatic nitrogens is 1. The third-order valence-electron chi connectivity index (χ3n) is 5.20. The van der Waals surface area contributed by atoms with E-state index in [1.54, 1.807) is 22.9 Å². The highest BCUT2D eigenvalue weighted by Gasteiger charge is 2.26. The lowest BCUT2D eigenvalue weighted by molar-refractivity contribution is 0.0566. The van der Waals surface area contributed by atoms with E-state index in [9.17, 15) is 9.59 Å². The fraction of sp³-hybridized carbons (Fsp3) is 0.632. The Bertz CT molecular complexity index is 635. The molecule has 0 unspecified atom stereocenters. The van der Waals surface area contributed by atoms with Gasteiger partial charge in [-0.05, 0) is 37.8 Å². The van der Waals surface area contributed by atoms with Gasteiger partial charge in [-0.2, -0.15) is 0 Å². The van der Waals surface area contributed by atoms with Gasteiger partial charge in [-0.15, -0.1) is 0 Å². The Kier molecular flexibility index (Phi) is 5.96. The van der Waals surface area contributed by atoms with Crippen molar-refractivity contribution in [2.75, 3.05) is 50.8 Å². The fourth-order valence-corrected chi connectivity index (χ4v) is 3.47. The van der Waals surface area contributed by atoms with Gasteiger partial charge >= 0.3 is 6.09 Å². The maximum atomic E-state index is 12.8. The van der Waals surface area contributed by atoms with Crippen molar-refractivity contribution in [2.24, 2.45) is 5.92 Å². The second-order valence-electron chi connectivity index (χ2n) is 7.05. The number of nitrogens with zero attached hydrogens (tertiary/aromatic N) is 4. The molecule has 1 aromatic rings. The molecule has 2 amide bonds. The van der Waals surface area contributed by atoms with Crippen LogP contribution in [0, 0.1) is 5.92 Å². The zero-order chi connectivity index (χ0) is 18.5. The fourth-order valence-electron chi connectivity index (χ4n) is 3.47. The van der Waals surface area contributed by atoms with Crippen LogP contribution in [0.1, 0.15) is 37.2 Å². The summed E-state index contributed by atoms with van der Waals surface area (Å²) in [5.41, 5.74) is 1.55. The van der Waals surface area contributed by atoms with E-state index in [1.807, 2.05) is 12.1 Å². The number of amides is 2. The third kappa shape index (κ3) is 4.26. The maximum Gasteiger partial charge on any atom is 0.409 e. The molecule has 0 atom stereocenters. The topological polar surface area (TPSA) is 66.0 Å². The van der Waals surface area contributed by atoms with E-state index in [1.165, 1.54) is 12.8 Å². The van der Waals surface area contributed by atoms with Crippen molar-refractivity contribution in [3.05, 3.63) is 24.0 Å². The summed E-state index contributed by atoms with van der Waals surface area (Å²) in [7, 11) is 0. The molecule has 0 radical (unpaired) electrons. The summed E-state index contributed by atoms with van der Waals surface area (Å²) in [4.78, 5) is 34.6. The van der Waals surface area contributed by atoms with Gasteiger partial charge in [0.25, 0.3) is 5.91 Å². The summed E-state index contributed by atoms with van der Waals surface area (Å²) < 4.78 is 5.02. The van der Waals surface area contributed by atoms with Gasteiger partial charge in [0, 0.05) is 51.2 Å². The average Bonchev–Trinajstić information content (AvgIpc) is 2.68. The van der Waals surface area contributed by atoms with Gasteiger partial charge in [0.15, 0.2) is 0 Å². The number of rotatable bonds is 3. The van der Waals surface area contributed by atoms with Crippen LogP contribution in [0.3, 0.4) is 0 Å². The van der Waals surface area contributed by atoms with Crippen molar-refractivity contribution in [2.45, 2.75) is 26.7 Å². The number of carbonyl (C=O) groups is 2. The molecule has 0 bridgehead atoms. The lowest BCUT2D eigenvalue weighted by Crippen LogP contribution is -2.50. The van der Waals surface area contributed by atoms with Crippen LogP contribution in [0.4, 0.5) is 10.5 Å². The molecule has 2 aliphatic rings. The predicted octanol–water partition coefficient (Wildman–Crippen LogP) is 2.23. The van der Waals surface area contributed by atoms with Crippen LogP contribution >= 0.6 is 0 Å². The van der Waals surface area contributed by atoms with Crippen molar-refractivity contribution < 1.29 is 14.3 Å². The second kappa shape index (κ2) is 8.38. The summed E-state index contributed by atoms with van der Waals surface area (Å²) in [6.07, 6.45) is 3.78. The van der Waals surface area contributed by atoms with E-state index < -0.39 is 0 Å². The van der Waals surface area contributed by atoms with Crippen LogP contribution in [0.5, 0.6) is 0 Å². The van der Waals surface area contributed by atoms with E-state index in [0.29, 0.717) is 38.5 Å². The lowest BCUT2D eigenvalue weighted by atomic mass is 9.99. The number of pyridine rings is 1. The zero-order valence-electron chi connectivity index (χ0n) is 15.7.